The molecule has 142 valence electrons. The SMILES string of the molecule is Cc1ccc2c(N)c(-c3ccn4cncc4c3)c(=O)n(-c3ccc(Cl)cc3)c2n1. The monoisotopic (exact) mass is 401 g/mol. The lowest BCUT2D eigenvalue weighted by Crippen LogP contribution is -2.23. The van der Waals surface area contributed by atoms with Gasteiger partial charge in [0.1, 0.15) is 5.65 Å². The summed E-state index contributed by atoms with van der Waals surface area (Å²) in [6.45, 7) is 1.88. The molecular formula is C22H16ClN5O. The van der Waals surface area contributed by atoms with Crippen molar-refractivity contribution in [2.24, 2.45) is 0 Å². The first-order chi connectivity index (χ1) is 14.0. The summed E-state index contributed by atoms with van der Waals surface area (Å²) in [4.78, 5) is 22.4. The van der Waals surface area contributed by atoms with Gasteiger partial charge in [0.2, 0.25) is 0 Å². The third-order valence-corrected chi connectivity index (χ3v) is 5.24. The molecule has 29 heavy (non-hydrogen) atoms. The number of nitrogens with zero attached hydrogens (tertiary/aromatic N) is 4. The Morgan fingerprint density at radius 3 is 2.66 bits per heavy atom. The van der Waals surface area contributed by atoms with Crippen LogP contribution in [0.1, 0.15) is 5.69 Å². The van der Waals surface area contributed by atoms with Crippen LogP contribution in [-0.2, 0) is 0 Å². The number of pyridine rings is 3. The molecule has 0 unspecified atom stereocenters. The highest BCUT2D eigenvalue weighted by molar-refractivity contribution is 6.30. The predicted molar refractivity (Wildman–Crippen MR) is 116 cm³/mol. The second kappa shape index (κ2) is 6.46. The van der Waals surface area contributed by atoms with E-state index < -0.39 is 0 Å². The van der Waals surface area contributed by atoms with E-state index in [1.165, 1.54) is 0 Å². The molecule has 4 aromatic heterocycles. The number of imidazole rings is 1. The molecule has 4 heterocycles. The molecule has 0 bridgehead atoms. The summed E-state index contributed by atoms with van der Waals surface area (Å²) in [5, 5.41) is 1.31. The minimum atomic E-state index is -0.237. The Bertz CT molecular complexity index is 1450. The van der Waals surface area contributed by atoms with Crippen LogP contribution < -0.4 is 11.3 Å². The maximum Gasteiger partial charge on any atom is 0.266 e. The quantitative estimate of drug-likeness (QED) is 0.479. The Hall–Kier alpha value is -3.64. The molecule has 0 fully saturated rings. The lowest BCUT2D eigenvalue weighted by atomic mass is 10.0. The van der Waals surface area contributed by atoms with Crippen molar-refractivity contribution in [3.05, 3.63) is 88.3 Å². The molecule has 0 radical (unpaired) electrons. The van der Waals surface area contributed by atoms with Gasteiger partial charge in [-0.1, -0.05) is 11.6 Å². The van der Waals surface area contributed by atoms with E-state index >= 15 is 0 Å². The lowest BCUT2D eigenvalue weighted by Gasteiger charge is -2.16. The second-order valence-corrected chi connectivity index (χ2v) is 7.31. The Kier molecular flexibility index (Phi) is 3.89. The average Bonchev–Trinajstić information content (AvgIpc) is 3.17. The van der Waals surface area contributed by atoms with Crippen molar-refractivity contribution >= 4 is 33.8 Å². The summed E-state index contributed by atoms with van der Waals surface area (Å²) in [5.74, 6) is 0. The van der Waals surface area contributed by atoms with Crippen molar-refractivity contribution in [3.63, 3.8) is 0 Å². The van der Waals surface area contributed by atoms with Gasteiger partial charge in [0, 0.05) is 22.3 Å². The molecule has 0 spiro atoms. The van der Waals surface area contributed by atoms with Gasteiger partial charge in [-0.15, -0.1) is 0 Å². The van der Waals surface area contributed by atoms with Crippen molar-refractivity contribution < 1.29 is 0 Å². The molecule has 0 aliphatic rings. The van der Waals surface area contributed by atoms with E-state index in [0.29, 0.717) is 33.0 Å². The van der Waals surface area contributed by atoms with Crippen LogP contribution >= 0.6 is 11.6 Å². The smallest absolute Gasteiger partial charge is 0.266 e. The summed E-state index contributed by atoms with van der Waals surface area (Å²) >= 11 is 6.05. The van der Waals surface area contributed by atoms with Gasteiger partial charge in [0.05, 0.1) is 35.0 Å². The van der Waals surface area contributed by atoms with Gasteiger partial charge in [0.15, 0.2) is 0 Å². The molecule has 6 nitrogen and oxygen atoms in total. The van der Waals surface area contributed by atoms with Crippen LogP contribution in [0.2, 0.25) is 5.02 Å². The van der Waals surface area contributed by atoms with E-state index in [-0.39, 0.29) is 5.56 Å². The molecule has 5 aromatic rings. The van der Waals surface area contributed by atoms with Crippen LogP contribution in [0.3, 0.4) is 0 Å². The highest BCUT2D eigenvalue weighted by Gasteiger charge is 2.19. The molecule has 0 aliphatic heterocycles. The third kappa shape index (κ3) is 2.77. The van der Waals surface area contributed by atoms with Gasteiger partial charge in [-0.05, 0) is 61.0 Å². The van der Waals surface area contributed by atoms with Crippen molar-refractivity contribution in [2.75, 3.05) is 5.73 Å². The molecule has 2 N–H and O–H groups in total. The highest BCUT2D eigenvalue weighted by atomic mass is 35.5. The van der Waals surface area contributed by atoms with Crippen molar-refractivity contribution in [3.8, 4) is 16.8 Å². The van der Waals surface area contributed by atoms with Gasteiger partial charge in [-0.3, -0.25) is 9.36 Å². The first-order valence-corrected chi connectivity index (χ1v) is 9.40. The van der Waals surface area contributed by atoms with Crippen molar-refractivity contribution in [2.45, 2.75) is 6.92 Å². The standard InChI is InChI=1S/C22H16ClN5O/c1-13-2-7-18-20(24)19(14-8-9-27-12-25-11-17(27)10-14)22(29)28(21(18)26-13)16-5-3-15(23)4-6-16/h2-12H,24H2,1H3. The number of nitrogens with two attached hydrogens (primary N) is 1. The normalized spacial score (nSPS) is 11.4. The van der Waals surface area contributed by atoms with E-state index in [4.69, 9.17) is 17.3 Å². The van der Waals surface area contributed by atoms with E-state index in [1.54, 1.807) is 41.4 Å². The zero-order chi connectivity index (χ0) is 20.1. The molecule has 0 amide bonds. The van der Waals surface area contributed by atoms with Crippen molar-refractivity contribution in [1.82, 2.24) is 18.9 Å². The number of anilines is 1. The van der Waals surface area contributed by atoms with Crippen LogP contribution in [0, 0.1) is 6.92 Å². The minimum Gasteiger partial charge on any atom is -0.397 e. The number of halogens is 1. The Labute approximate surface area is 170 Å². The van der Waals surface area contributed by atoms with E-state index in [1.807, 2.05) is 41.8 Å². The topological polar surface area (TPSA) is 78.2 Å². The molecule has 0 saturated heterocycles. The molecule has 0 saturated carbocycles. The van der Waals surface area contributed by atoms with E-state index in [0.717, 1.165) is 16.8 Å². The number of aromatic nitrogens is 4. The van der Waals surface area contributed by atoms with Gasteiger partial charge in [-0.2, -0.15) is 0 Å². The van der Waals surface area contributed by atoms with E-state index in [9.17, 15) is 4.79 Å². The fourth-order valence-electron chi connectivity index (χ4n) is 3.56. The highest BCUT2D eigenvalue weighted by Crippen LogP contribution is 2.31. The first kappa shape index (κ1) is 17.5. The second-order valence-electron chi connectivity index (χ2n) is 6.87. The first-order valence-electron chi connectivity index (χ1n) is 9.03. The van der Waals surface area contributed by atoms with Crippen LogP contribution in [0.25, 0.3) is 33.4 Å². The van der Waals surface area contributed by atoms with Gasteiger partial charge < -0.3 is 10.1 Å². The van der Waals surface area contributed by atoms with Gasteiger partial charge >= 0.3 is 0 Å². The minimum absolute atomic E-state index is 0.237. The summed E-state index contributed by atoms with van der Waals surface area (Å²) in [6, 6.07) is 14.7. The molecule has 7 heteroatoms. The fourth-order valence-corrected chi connectivity index (χ4v) is 3.69. The lowest BCUT2D eigenvalue weighted by molar-refractivity contribution is 1.01. The summed E-state index contributed by atoms with van der Waals surface area (Å²) in [7, 11) is 0. The number of fused-ring (bicyclic) bond motifs is 2. The van der Waals surface area contributed by atoms with Crippen LogP contribution in [-0.4, -0.2) is 18.9 Å². The number of rotatable bonds is 2. The van der Waals surface area contributed by atoms with Gasteiger partial charge in [0.25, 0.3) is 5.56 Å². The maximum absolute atomic E-state index is 13.7. The molecule has 0 aliphatic carbocycles. The maximum atomic E-state index is 13.7. The number of hydrogen-bond donors (Lipinski definition) is 1. The molecule has 1 aromatic carbocycles. The molecule has 5 rings (SSSR count). The Balaban J connectivity index is 1.91. The molecule has 0 atom stereocenters. The zero-order valence-corrected chi connectivity index (χ0v) is 16.3. The summed E-state index contributed by atoms with van der Waals surface area (Å²) in [5.41, 5.74) is 10.7. The van der Waals surface area contributed by atoms with Gasteiger partial charge in [-0.25, -0.2) is 9.97 Å². The van der Waals surface area contributed by atoms with Crippen LogP contribution in [0.4, 0.5) is 5.69 Å². The van der Waals surface area contributed by atoms with E-state index in [2.05, 4.69) is 9.97 Å². The Morgan fingerprint density at radius 2 is 1.86 bits per heavy atom. The molecular weight excluding hydrogens is 386 g/mol. The summed E-state index contributed by atoms with van der Waals surface area (Å²) < 4.78 is 3.47. The van der Waals surface area contributed by atoms with Crippen molar-refractivity contribution in [1.29, 1.82) is 0 Å². The predicted octanol–water partition coefficient (Wildman–Crippen LogP) is 4.24. The number of nitrogen functional groups attached to an aromatic ring is 1. The summed E-state index contributed by atoms with van der Waals surface area (Å²) in [6.07, 6.45) is 5.31. The third-order valence-electron chi connectivity index (χ3n) is 4.99. The number of benzene rings is 1. The Morgan fingerprint density at radius 1 is 1.07 bits per heavy atom. The van der Waals surface area contributed by atoms with Crippen LogP contribution in [0.15, 0.2) is 72.0 Å². The largest absolute Gasteiger partial charge is 0.397 e. The average molecular weight is 402 g/mol. The van der Waals surface area contributed by atoms with Crippen LogP contribution in [0.5, 0.6) is 0 Å². The number of aryl methyl sites for hydroxylation is 1. The number of hydrogen-bond acceptors (Lipinski definition) is 4. The fraction of sp³-hybridized carbons (Fsp3) is 0.0455. The zero-order valence-electron chi connectivity index (χ0n) is 15.5.